The van der Waals surface area contributed by atoms with Crippen LogP contribution in [0.4, 0.5) is 15.8 Å². The molecule has 17 heavy (non-hydrogen) atoms. The van der Waals surface area contributed by atoms with Gasteiger partial charge in [0.1, 0.15) is 5.82 Å². The minimum Gasteiger partial charge on any atom is -0.399 e. The van der Waals surface area contributed by atoms with Crippen molar-refractivity contribution in [3.05, 3.63) is 24.0 Å². The fourth-order valence-electron chi connectivity index (χ4n) is 2.24. The van der Waals surface area contributed by atoms with Gasteiger partial charge < -0.3 is 11.1 Å². The predicted octanol–water partition coefficient (Wildman–Crippen LogP) is 2.93. The number of nitrogen functional groups attached to an aromatic ring is 1. The van der Waals surface area contributed by atoms with Gasteiger partial charge in [0, 0.05) is 11.6 Å². The molecule has 92 valence electrons. The summed E-state index contributed by atoms with van der Waals surface area (Å²) < 4.78 is 13.4. The Morgan fingerprint density at radius 3 is 2.71 bits per heavy atom. The molecule has 3 N–H and O–H groups in total. The number of halogens is 1. The second-order valence-corrected chi connectivity index (χ2v) is 4.56. The number of carbonyl (C=O) groups excluding carboxylic acids is 1. The highest BCUT2D eigenvalue weighted by molar-refractivity contribution is 5.93. The normalized spacial score (nSPS) is 16.8. The Balaban J connectivity index is 2.04. The second kappa shape index (κ2) is 5.17. The summed E-state index contributed by atoms with van der Waals surface area (Å²) in [5, 5.41) is 2.63. The molecule has 1 fully saturated rings. The molecule has 0 saturated heterocycles. The molecule has 1 amide bonds. The lowest BCUT2D eigenvalue weighted by Gasteiger charge is -2.20. The van der Waals surface area contributed by atoms with Crippen LogP contribution >= 0.6 is 0 Å². The Labute approximate surface area is 100 Å². The van der Waals surface area contributed by atoms with Crippen LogP contribution in [-0.2, 0) is 4.79 Å². The zero-order valence-electron chi connectivity index (χ0n) is 9.71. The molecule has 1 aromatic carbocycles. The molecule has 0 bridgehead atoms. The van der Waals surface area contributed by atoms with E-state index in [4.69, 9.17) is 5.73 Å². The average Bonchev–Trinajstić information content (AvgIpc) is 2.35. The van der Waals surface area contributed by atoms with Gasteiger partial charge in [0.05, 0.1) is 5.69 Å². The van der Waals surface area contributed by atoms with E-state index in [1.54, 1.807) is 0 Å². The van der Waals surface area contributed by atoms with Crippen molar-refractivity contribution in [1.82, 2.24) is 0 Å². The quantitative estimate of drug-likeness (QED) is 0.776. The number of anilines is 2. The molecule has 2 rings (SSSR count). The van der Waals surface area contributed by atoms with E-state index in [2.05, 4.69) is 5.32 Å². The van der Waals surface area contributed by atoms with Crippen LogP contribution < -0.4 is 11.1 Å². The van der Waals surface area contributed by atoms with Crippen molar-refractivity contribution < 1.29 is 9.18 Å². The summed E-state index contributed by atoms with van der Waals surface area (Å²) in [7, 11) is 0. The SMILES string of the molecule is Nc1ccc(F)c(NC(=O)C2CCCCC2)c1. The maximum Gasteiger partial charge on any atom is 0.227 e. The minimum absolute atomic E-state index is 0.0181. The molecule has 4 heteroatoms. The molecule has 0 aromatic heterocycles. The zero-order chi connectivity index (χ0) is 12.3. The van der Waals surface area contributed by atoms with Crippen molar-refractivity contribution in [1.29, 1.82) is 0 Å². The van der Waals surface area contributed by atoms with Crippen LogP contribution in [0.3, 0.4) is 0 Å². The first-order chi connectivity index (χ1) is 8.16. The first-order valence-electron chi connectivity index (χ1n) is 6.02. The average molecular weight is 236 g/mol. The van der Waals surface area contributed by atoms with Gasteiger partial charge in [-0.3, -0.25) is 4.79 Å². The first-order valence-corrected chi connectivity index (χ1v) is 6.02. The van der Waals surface area contributed by atoms with E-state index >= 15 is 0 Å². The number of hydrogen-bond acceptors (Lipinski definition) is 2. The summed E-state index contributed by atoms with van der Waals surface area (Å²) >= 11 is 0. The highest BCUT2D eigenvalue weighted by atomic mass is 19.1. The third-order valence-corrected chi connectivity index (χ3v) is 3.22. The maximum atomic E-state index is 13.4. The first kappa shape index (κ1) is 11.9. The lowest BCUT2D eigenvalue weighted by atomic mass is 9.88. The van der Waals surface area contributed by atoms with Gasteiger partial charge in [0.2, 0.25) is 5.91 Å². The van der Waals surface area contributed by atoms with E-state index < -0.39 is 5.82 Å². The van der Waals surface area contributed by atoms with Crippen LogP contribution in [0.2, 0.25) is 0 Å². The molecule has 0 radical (unpaired) electrons. The zero-order valence-corrected chi connectivity index (χ0v) is 9.71. The topological polar surface area (TPSA) is 55.1 Å². The van der Waals surface area contributed by atoms with Crippen molar-refractivity contribution in [2.45, 2.75) is 32.1 Å². The summed E-state index contributed by atoms with van der Waals surface area (Å²) in [4.78, 5) is 11.9. The van der Waals surface area contributed by atoms with Crippen LogP contribution in [0.25, 0.3) is 0 Å². The van der Waals surface area contributed by atoms with Crippen LogP contribution in [-0.4, -0.2) is 5.91 Å². The molecule has 1 aromatic rings. The molecule has 0 spiro atoms. The third-order valence-electron chi connectivity index (χ3n) is 3.22. The van der Waals surface area contributed by atoms with E-state index in [-0.39, 0.29) is 17.5 Å². The van der Waals surface area contributed by atoms with Crippen molar-refractivity contribution in [3.63, 3.8) is 0 Å². The van der Waals surface area contributed by atoms with Crippen molar-refractivity contribution in [3.8, 4) is 0 Å². The number of nitrogens with one attached hydrogen (secondary N) is 1. The van der Waals surface area contributed by atoms with Gasteiger partial charge in [-0.05, 0) is 31.0 Å². The van der Waals surface area contributed by atoms with Gasteiger partial charge in [0.15, 0.2) is 0 Å². The Morgan fingerprint density at radius 1 is 1.29 bits per heavy atom. The van der Waals surface area contributed by atoms with E-state index in [0.29, 0.717) is 5.69 Å². The number of hydrogen-bond donors (Lipinski definition) is 2. The summed E-state index contributed by atoms with van der Waals surface area (Å²) in [6.45, 7) is 0. The van der Waals surface area contributed by atoms with Gasteiger partial charge in [-0.2, -0.15) is 0 Å². The number of carbonyl (C=O) groups is 1. The molecule has 0 heterocycles. The van der Waals surface area contributed by atoms with Crippen LogP contribution in [0, 0.1) is 11.7 Å². The molecule has 1 saturated carbocycles. The van der Waals surface area contributed by atoms with Gasteiger partial charge >= 0.3 is 0 Å². The molecule has 0 atom stereocenters. The largest absolute Gasteiger partial charge is 0.399 e. The molecular weight excluding hydrogens is 219 g/mol. The van der Waals surface area contributed by atoms with Gasteiger partial charge in [-0.25, -0.2) is 4.39 Å². The third kappa shape index (κ3) is 2.96. The second-order valence-electron chi connectivity index (χ2n) is 4.56. The summed E-state index contributed by atoms with van der Waals surface area (Å²) in [5.74, 6) is -0.512. The lowest BCUT2D eigenvalue weighted by molar-refractivity contribution is -0.120. The highest BCUT2D eigenvalue weighted by Crippen LogP contribution is 2.26. The highest BCUT2D eigenvalue weighted by Gasteiger charge is 2.21. The van der Waals surface area contributed by atoms with Gasteiger partial charge in [0.25, 0.3) is 0 Å². The Morgan fingerprint density at radius 2 is 2.00 bits per heavy atom. The van der Waals surface area contributed by atoms with E-state index in [9.17, 15) is 9.18 Å². The van der Waals surface area contributed by atoms with E-state index in [0.717, 1.165) is 25.7 Å². The Hall–Kier alpha value is -1.58. The molecule has 1 aliphatic carbocycles. The van der Waals surface area contributed by atoms with E-state index in [1.165, 1.54) is 24.6 Å². The maximum absolute atomic E-state index is 13.4. The molecule has 0 unspecified atom stereocenters. The standard InChI is InChI=1S/C13H17FN2O/c14-11-7-6-10(15)8-12(11)16-13(17)9-4-2-1-3-5-9/h6-9H,1-5,15H2,(H,16,17). The number of rotatable bonds is 2. The van der Waals surface area contributed by atoms with E-state index in [1.807, 2.05) is 0 Å². The van der Waals surface area contributed by atoms with Gasteiger partial charge in [-0.1, -0.05) is 19.3 Å². The van der Waals surface area contributed by atoms with Crippen LogP contribution in [0.15, 0.2) is 18.2 Å². The van der Waals surface area contributed by atoms with Gasteiger partial charge in [-0.15, -0.1) is 0 Å². The van der Waals surface area contributed by atoms with Crippen LogP contribution in [0.5, 0.6) is 0 Å². The summed E-state index contributed by atoms with van der Waals surface area (Å²) in [5.41, 5.74) is 6.19. The Kier molecular flexibility index (Phi) is 3.61. The molecule has 3 nitrogen and oxygen atoms in total. The summed E-state index contributed by atoms with van der Waals surface area (Å²) in [6.07, 6.45) is 5.15. The molecule has 0 aliphatic heterocycles. The fourth-order valence-corrected chi connectivity index (χ4v) is 2.24. The molecule has 1 aliphatic rings. The van der Waals surface area contributed by atoms with Crippen molar-refractivity contribution >= 4 is 17.3 Å². The molecular formula is C13H17FN2O. The smallest absolute Gasteiger partial charge is 0.227 e. The van der Waals surface area contributed by atoms with Crippen molar-refractivity contribution in [2.24, 2.45) is 5.92 Å². The monoisotopic (exact) mass is 236 g/mol. The number of benzene rings is 1. The Bertz CT molecular complexity index is 414. The lowest BCUT2D eigenvalue weighted by Crippen LogP contribution is -2.25. The number of nitrogens with two attached hydrogens (primary N) is 1. The minimum atomic E-state index is -0.441. The number of amides is 1. The summed E-state index contributed by atoms with van der Waals surface area (Å²) in [6, 6.07) is 4.20. The predicted molar refractivity (Wildman–Crippen MR) is 66.0 cm³/mol. The van der Waals surface area contributed by atoms with Crippen LogP contribution in [0.1, 0.15) is 32.1 Å². The fraction of sp³-hybridized carbons (Fsp3) is 0.462. The van der Waals surface area contributed by atoms with Crippen molar-refractivity contribution in [2.75, 3.05) is 11.1 Å².